The molecule has 3 heterocycles. The zero-order valence-corrected chi connectivity index (χ0v) is 25.5. The van der Waals surface area contributed by atoms with Gasteiger partial charge >= 0.3 is 0 Å². The van der Waals surface area contributed by atoms with E-state index in [2.05, 4.69) is 28.8 Å². The minimum atomic E-state index is -0.585. The van der Waals surface area contributed by atoms with E-state index in [1.54, 1.807) is 17.8 Å². The van der Waals surface area contributed by atoms with Gasteiger partial charge in [-0.1, -0.05) is 6.92 Å². The number of thioether (sulfide) groups is 1. The van der Waals surface area contributed by atoms with Crippen molar-refractivity contribution in [2.75, 3.05) is 45.7 Å². The smallest absolute Gasteiger partial charge is 0.261 e. The summed E-state index contributed by atoms with van der Waals surface area (Å²) < 4.78 is 31.5. The number of fused-ring (bicyclic) bond motifs is 1. The Hall–Kier alpha value is -2.82. The number of likely N-dealkylation sites (tertiary alicyclic amines) is 1. The summed E-state index contributed by atoms with van der Waals surface area (Å²) in [6.45, 7) is 6.50. The Morgan fingerprint density at radius 3 is 2.50 bits per heavy atom. The summed E-state index contributed by atoms with van der Waals surface area (Å²) in [6, 6.07) is 10.6. The van der Waals surface area contributed by atoms with E-state index in [-0.39, 0.29) is 5.39 Å². The predicted molar refractivity (Wildman–Crippen MR) is 167 cm³/mol. The molecule has 10 heteroatoms. The van der Waals surface area contributed by atoms with Gasteiger partial charge in [-0.05, 0) is 94.8 Å². The van der Waals surface area contributed by atoms with Crippen molar-refractivity contribution in [3.05, 3.63) is 58.4 Å². The molecule has 3 aromatic rings. The lowest BCUT2D eigenvalue weighted by Crippen LogP contribution is -2.32. The number of nitrogens with one attached hydrogen (secondary N) is 1. The molecule has 0 amide bonds. The first-order valence-corrected chi connectivity index (χ1v) is 16.1. The fourth-order valence-electron chi connectivity index (χ4n) is 5.55. The molecule has 6 rings (SSSR count). The van der Waals surface area contributed by atoms with Crippen LogP contribution in [0.4, 0.5) is 10.1 Å². The maximum Gasteiger partial charge on any atom is 0.261 e. The van der Waals surface area contributed by atoms with Crippen LogP contribution in [0.15, 0.2) is 41.2 Å². The number of aromatic nitrogens is 2. The Balaban J connectivity index is 0.000000226. The molecule has 1 aromatic heterocycles. The lowest BCUT2D eigenvalue weighted by Gasteiger charge is -2.32. The number of nitrogen functional groups attached to an aromatic ring is 1. The molecule has 0 unspecified atom stereocenters. The number of aromatic amines is 1. The monoisotopic (exact) mass is 598 g/mol. The third-order valence-corrected chi connectivity index (χ3v) is 9.63. The van der Waals surface area contributed by atoms with Crippen molar-refractivity contribution in [3.8, 4) is 11.5 Å². The molecule has 2 aliphatic heterocycles. The zero-order valence-electron chi connectivity index (χ0n) is 24.6. The summed E-state index contributed by atoms with van der Waals surface area (Å²) in [4.78, 5) is 22.0. The van der Waals surface area contributed by atoms with Gasteiger partial charge in [-0.25, -0.2) is 9.37 Å². The maximum absolute atomic E-state index is 14.6. The van der Waals surface area contributed by atoms with Gasteiger partial charge in [-0.2, -0.15) is 11.8 Å². The Bertz CT molecular complexity index is 1350. The van der Waals surface area contributed by atoms with Crippen LogP contribution in [-0.4, -0.2) is 66.2 Å². The van der Waals surface area contributed by atoms with Gasteiger partial charge in [0, 0.05) is 36.3 Å². The average Bonchev–Trinajstić information content (AvgIpc) is 2.97. The van der Waals surface area contributed by atoms with Crippen LogP contribution in [0.5, 0.6) is 11.5 Å². The van der Waals surface area contributed by atoms with Gasteiger partial charge in [-0.15, -0.1) is 0 Å². The van der Waals surface area contributed by atoms with Crippen LogP contribution in [0, 0.1) is 17.7 Å². The zero-order chi connectivity index (χ0) is 29.5. The molecule has 2 saturated heterocycles. The van der Waals surface area contributed by atoms with E-state index in [0.717, 1.165) is 69.3 Å². The van der Waals surface area contributed by atoms with Crippen LogP contribution in [0.1, 0.15) is 51.3 Å². The number of H-pyrrole nitrogens is 1. The van der Waals surface area contributed by atoms with E-state index in [1.807, 2.05) is 24.3 Å². The minimum Gasteiger partial charge on any atom is -0.493 e. The molecule has 2 aromatic carbocycles. The third kappa shape index (κ3) is 8.61. The predicted octanol–water partition coefficient (Wildman–Crippen LogP) is 5.64. The SMILES string of the molecule is CC1CC(Oc2ccc(N)cc2)C1.CN1CCC(COc2cc(F)c3c(=O)[nH]c(CSC4CCOCC4)nc3c2)CC1. The van der Waals surface area contributed by atoms with Crippen molar-refractivity contribution in [2.24, 2.45) is 11.8 Å². The molecule has 3 aliphatic rings. The number of halogens is 1. The molecule has 0 spiro atoms. The number of hydrogen-bond acceptors (Lipinski definition) is 8. The highest BCUT2D eigenvalue weighted by atomic mass is 32.2. The molecule has 3 N–H and O–H groups in total. The number of rotatable bonds is 8. The van der Waals surface area contributed by atoms with Gasteiger partial charge in [0.25, 0.3) is 5.56 Å². The summed E-state index contributed by atoms with van der Waals surface area (Å²) in [5.41, 5.74) is 6.28. The Labute approximate surface area is 251 Å². The van der Waals surface area contributed by atoms with Gasteiger partial charge in [-0.3, -0.25) is 4.79 Å². The van der Waals surface area contributed by atoms with Gasteiger partial charge < -0.3 is 29.8 Å². The first-order valence-electron chi connectivity index (χ1n) is 15.1. The Morgan fingerprint density at radius 1 is 1.10 bits per heavy atom. The molecule has 3 fully saturated rings. The van der Waals surface area contributed by atoms with Crippen LogP contribution in [-0.2, 0) is 10.5 Å². The number of nitrogens with two attached hydrogens (primary N) is 1. The number of benzene rings is 2. The summed E-state index contributed by atoms with van der Waals surface area (Å²) in [6.07, 6.45) is 6.97. The first-order chi connectivity index (χ1) is 20.3. The molecular weight excluding hydrogens is 555 g/mol. The number of anilines is 1. The fraction of sp³-hybridized carbons (Fsp3) is 0.562. The van der Waals surface area contributed by atoms with E-state index in [1.165, 1.54) is 18.9 Å². The van der Waals surface area contributed by atoms with E-state index in [4.69, 9.17) is 19.9 Å². The van der Waals surface area contributed by atoms with Crippen LogP contribution >= 0.6 is 11.8 Å². The molecule has 228 valence electrons. The quantitative estimate of drug-likeness (QED) is 0.321. The van der Waals surface area contributed by atoms with Gasteiger partial charge in [0.05, 0.1) is 24.0 Å². The van der Waals surface area contributed by atoms with Gasteiger partial charge in [0.1, 0.15) is 28.5 Å². The number of nitrogens with zero attached hydrogens (tertiary/aromatic N) is 2. The molecule has 8 nitrogen and oxygen atoms in total. The molecule has 1 saturated carbocycles. The first kappa shape index (κ1) is 30.6. The molecule has 0 bridgehead atoms. The van der Waals surface area contributed by atoms with E-state index in [9.17, 15) is 9.18 Å². The summed E-state index contributed by atoms with van der Waals surface area (Å²) >= 11 is 1.76. The summed E-state index contributed by atoms with van der Waals surface area (Å²) in [5.74, 6) is 3.27. The van der Waals surface area contributed by atoms with Crippen molar-refractivity contribution in [3.63, 3.8) is 0 Å². The highest BCUT2D eigenvalue weighted by Crippen LogP contribution is 2.31. The van der Waals surface area contributed by atoms with E-state index >= 15 is 0 Å². The lowest BCUT2D eigenvalue weighted by atomic mass is 9.84. The van der Waals surface area contributed by atoms with Crippen molar-refractivity contribution >= 4 is 28.4 Å². The molecular formula is C32H43FN4O4S. The largest absolute Gasteiger partial charge is 0.493 e. The van der Waals surface area contributed by atoms with Crippen molar-refractivity contribution in [2.45, 2.75) is 62.6 Å². The van der Waals surface area contributed by atoms with Crippen LogP contribution < -0.4 is 20.8 Å². The Kier molecular flexibility index (Phi) is 10.6. The molecule has 0 radical (unpaired) electrons. The summed E-state index contributed by atoms with van der Waals surface area (Å²) in [5, 5.41) is 0.502. The molecule has 0 atom stereocenters. The topological polar surface area (TPSA) is 103 Å². The van der Waals surface area contributed by atoms with Crippen molar-refractivity contribution in [1.29, 1.82) is 0 Å². The summed E-state index contributed by atoms with van der Waals surface area (Å²) in [7, 11) is 2.12. The number of hydrogen-bond donors (Lipinski definition) is 2. The second kappa shape index (κ2) is 14.6. The second-order valence-corrected chi connectivity index (χ2v) is 13.2. The highest BCUT2D eigenvalue weighted by Gasteiger charge is 2.26. The molecule has 42 heavy (non-hydrogen) atoms. The second-order valence-electron chi connectivity index (χ2n) is 11.9. The van der Waals surface area contributed by atoms with Crippen LogP contribution in [0.25, 0.3) is 10.9 Å². The van der Waals surface area contributed by atoms with Gasteiger partial charge in [0.2, 0.25) is 0 Å². The maximum atomic E-state index is 14.6. The highest BCUT2D eigenvalue weighted by molar-refractivity contribution is 7.99. The normalized spacial score (nSPS) is 21.8. The fourth-order valence-corrected chi connectivity index (χ4v) is 6.60. The number of piperidine rings is 1. The third-order valence-electron chi connectivity index (χ3n) is 8.24. The van der Waals surface area contributed by atoms with Crippen molar-refractivity contribution in [1.82, 2.24) is 14.9 Å². The molecule has 1 aliphatic carbocycles. The van der Waals surface area contributed by atoms with E-state index in [0.29, 0.717) is 46.7 Å². The minimum absolute atomic E-state index is 0.00328. The Morgan fingerprint density at radius 2 is 1.81 bits per heavy atom. The standard InChI is InChI=1S/C21H28FN3O3S.C11H15NO/c1-25-6-2-14(3-7-25)12-28-15-10-17(22)20-18(11-15)23-19(24-21(20)26)13-29-16-4-8-27-9-5-16;1-8-6-11(7-8)13-10-4-2-9(12)3-5-10/h10-11,14,16H,2-9,12-13H2,1H3,(H,23,24,26);2-5,8,11H,6-7,12H2,1H3. The van der Waals surface area contributed by atoms with Crippen molar-refractivity contribution < 1.29 is 18.6 Å². The van der Waals surface area contributed by atoms with Crippen LogP contribution in [0.2, 0.25) is 0 Å². The van der Waals surface area contributed by atoms with Crippen LogP contribution in [0.3, 0.4) is 0 Å². The average molecular weight is 599 g/mol. The number of ether oxygens (including phenoxy) is 3. The van der Waals surface area contributed by atoms with Gasteiger partial charge in [0.15, 0.2) is 0 Å². The van der Waals surface area contributed by atoms with E-state index < -0.39 is 11.4 Å². The lowest BCUT2D eigenvalue weighted by molar-refractivity contribution is 0.0739.